The van der Waals surface area contributed by atoms with E-state index in [-0.39, 0.29) is 0 Å². The predicted molar refractivity (Wildman–Crippen MR) is 85.1 cm³/mol. The first kappa shape index (κ1) is 14.9. The zero-order valence-corrected chi connectivity index (χ0v) is 13.3. The van der Waals surface area contributed by atoms with E-state index in [1.807, 2.05) is 0 Å². The molecule has 0 spiro atoms. The number of nitrogens with zero attached hydrogens (tertiary/aromatic N) is 1. The fourth-order valence-corrected chi connectivity index (χ4v) is 3.95. The third kappa shape index (κ3) is 3.24. The summed E-state index contributed by atoms with van der Waals surface area (Å²) in [5, 5.41) is 0. The summed E-state index contributed by atoms with van der Waals surface area (Å²) >= 11 is 0. The lowest BCUT2D eigenvalue weighted by atomic mass is 9.92. The van der Waals surface area contributed by atoms with Gasteiger partial charge in [-0.2, -0.15) is 0 Å². The highest BCUT2D eigenvalue weighted by molar-refractivity contribution is 5.46. The Balaban J connectivity index is 1.73. The quantitative estimate of drug-likeness (QED) is 0.751. The van der Waals surface area contributed by atoms with Gasteiger partial charge in [0.2, 0.25) is 0 Å². The van der Waals surface area contributed by atoms with Crippen molar-refractivity contribution in [2.75, 3.05) is 33.9 Å². The SMILES string of the molecule is COCCOc1cccc2c1C(C[C@H]1CCCN1C)CC2. The molecule has 3 heteroatoms. The van der Waals surface area contributed by atoms with Crippen LogP contribution in [-0.4, -0.2) is 44.9 Å². The Morgan fingerprint density at radius 2 is 2.14 bits per heavy atom. The molecule has 0 amide bonds. The van der Waals surface area contributed by atoms with Crippen molar-refractivity contribution >= 4 is 0 Å². The zero-order chi connectivity index (χ0) is 14.7. The van der Waals surface area contributed by atoms with Crippen molar-refractivity contribution in [3.63, 3.8) is 0 Å². The lowest BCUT2D eigenvalue weighted by Gasteiger charge is -2.24. The van der Waals surface area contributed by atoms with E-state index in [1.54, 1.807) is 7.11 Å². The molecule has 0 bridgehead atoms. The molecule has 0 aromatic heterocycles. The maximum atomic E-state index is 5.97. The second kappa shape index (κ2) is 6.80. The summed E-state index contributed by atoms with van der Waals surface area (Å²) in [4.78, 5) is 2.53. The minimum absolute atomic E-state index is 0.642. The number of ether oxygens (including phenoxy) is 2. The van der Waals surface area contributed by atoms with Gasteiger partial charge in [-0.15, -0.1) is 0 Å². The van der Waals surface area contributed by atoms with Crippen LogP contribution in [0.1, 0.15) is 42.7 Å². The third-order valence-corrected chi connectivity index (χ3v) is 5.10. The van der Waals surface area contributed by atoms with Gasteiger partial charge in [-0.3, -0.25) is 0 Å². The van der Waals surface area contributed by atoms with Gasteiger partial charge in [0.1, 0.15) is 12.4 Å². The molecule has 1 saturated heterocycles. The second-order valence-electron chi connectivity index (χ2n) is 6.42. The average Bonchev–Trinajstić information content (AvgIpc) is 3.08. The summed E-state index contributed by atoms with van der Waals surface area (Å²) < 4.78 is 11.1. The van der Waals surface area contributed by atoms with Crippen LogP contribution in [0.3, 0.4) is 0 Å². The first-order chi connectivity index (χ1) is 10.3. The van der Waals surface area contributed by atoms with Gasteiger partial charge in [-0.25, -0.2) is 0 Å². The predicted octanol–water partition coefficient (Wildman–Crippen LogP) is 3.23. The molecule has 2 aliphatic rings. The van der Waals surface area contributed by atoms with Gasteiger partial charge in [0.15, 0.2) is 0 Å². The maximum absolute atomic E-state index is 5.97. The molecule has 2 atom stereocenters. The lowest BCUT2D eigenvalue weighted by molar-refractivity contribution is 0.145. The molecule has 116 valence electrons. The highest BCUT2D eigenvalue weighted by atomic mass is 16.5. The summed E-state index contributed by atoms with van der Waals surface area (Å²) in [7, 11) is 3.99. The monoisotopic (exact) mass is 289 g/mol. The van der Waals surface area contributed by atoms with Crippen molar-refractivity contribution < 1.29 is 9.47 Å². The highest BCUT2D eigenvalue weighted by Crippen LogP contribution is 2.43. The largest absolute Gasteiger partial charge is 0.491 e. The molecule has 1 fully saturated rings. The fraction of sp³-hybridized carbons (Fsp3) is 0.667. The molecule has 0 saturated carbocycles. The van der Waals surface area contributed by atoms with Crippen molar-refractivity contribution in [2.45, 2.75) is 44.1 Å². The third-order valence-electron chi connectivity index (χ3n) is 5.10. The topological polar surface area (TPSA) is 21.7 Å². The number of benzene rings is 1. The van der Waals surface area contributed by atoms with Gasteiger partial charge in [0, 0.05) is 18.7 Å². The van der Waals surface area contributed by atoms with E-state index in [0.717, 1.165) is 11.8 Å². The molecule has 3 rings (SSSR count). The van der Waals surface area contributed by atoms with Crippen LogP contribution in [-0.2, 0) is 11.2 Å². The van der Waals surface area contributed by atoms with Crippen LogP contribution in [0.15, 0.2) is 18.2 Å². The van der Waals surface area contributed by atoms with E-state index in [9.17, 15) is 0 Å². The van der Waals surface area contributed by atoms with Gasteiger partial charge in [0.25, 0.3) is 0 Å². The molecule has 0 N–H and O–H groups in total. The minimum Gasteiger partial charge on any atom is -0.491 e. The summed E-state index contributed by atoms with van der Waals surface area (Å²) in [6.45, 7) is 2.55. The van der Waals surface area contributed by atoms with Crippen LogP contribution in [0.25, 0.3) is 0 Å². The van der Waals surface area contributed by atoms with Crippen LogP contribution < -0.4 is 4.74 Å². The normalized spacial score (nSPS) is 25.2. The summed E-state index contributed by atoms with van der Waals surface area (Å²) in [5.74, 6) is 1.76. The Labute approximate surface area is 128 Å². The molecule has 1 heterocycles. The van der Waals surface area contributed by atoms with Crippen LogP contribution in [0.4, 0.5) is 0 Å². The molecule has 1 aliphatic heterocycles. The van der Waals surface area contributed by atoms with Crippen LogP contribution in [0.2, 0.25) is 0 Å². The molecule has 3 nitrogen and oxygen atoms in total. The van der Waals surface area contributed by atoms with Crippen molar-refractivity contribution in [1.29, 1.82) is 0 Å². The number of likely N-dealkylation sites (tertiary alicyclic amines) is 1. The molecular formula is C18H27NO2. The Morgan fingerprint density at radius 1 is 1.24 bits per heavy atom. The van der Waals surface area contributed by atoms with Crippen molar-refractivity contribution in [1.82, 2.24) is 4.90 Å². The Bertz CT molecular complexity index is 474. The van der Waals surface area contributed by atoms with Gasteiger partial charge >= 0.3 is 0 Å². The number of rotatable bonds is 6. The van der Waals surface area contributed by atoms with Crippen molar-refractivity contribution in [3.05, 3.63) is 29.3 Å². The number of hydrogen-bond acceptors (Lipinski definition) is 3. The second-order valence-corrected chi connectivity index (χ2v) is 6.42. The van der Waals surface area contributed by atoms with Crippen LogP contribution in [0, 0.1) is 0 Å². The number of methoxy groups -OCH3 is 1. The van der Waals surface area contributed by atoms with Gasteiger partial charge in [-0.05, 0) is 63.2 Å². The molecular weight excluding hydrogens is 262 g/mol. The lowest BCUT2D eigenvalue weighted by Crippen LogP contribution is -2.26. The summed E-state index contributed by atoms with van der Waals surface area (Å²) in [6, 6.07) is 7.29. The number of fused-ring (bicyclic) bond motifs is 1. The molecule has 21 heavy (non-hydrogen) atoms. The van der Waals surface area contributed by atoms with Gasteiger partial charge in [0.05, 0.1) is 6.61 Å². The number of hydrogen-bond donors (Lipinski definition) is 0. The average molecular weight is 289 g/mol. The Morgan fingerprint density at radius 3 is 2.90 bits per heavy atom. The van der Waals surface area contributed by atoms with Crippen molar-refractivity contribution in [2.24, 2.45) is 0 Å². The smallest absolute Gasteiger partial charge is 0.123 e. The van der Waals surface area contributed by atoms with E-state index < -0.39 is 0 Å². The molecule has 1 unspecified atom stereocenters. The van der Waals surface area contributed by atoms with Gasteiger partial charge in [-0.1, -0.05) is 12.1 Å². The highest BCUT2D eigenvalue weighted by Gasteiger charge is 2.31. The van der Waals surface area contributed by atoms with Gasteiger partial charge < -0.3 is 14.4 Å². The van der Waals surface area contributed by atoms with E-state index >= 15 is 0 Å². The van der Waals surface area contributed by atoms with Crippen LogP contribution >= 0.6 is 0 Å². The Kier molecular flexibility index (Phi) is 4.81. The first-order valence-electron chi connectivity index (χ1n) is 8.23. The first-order valence-corrected chi connectivity index (χ1v) is 8.23. The van der Waals surface area contributed by atoms with Crippen LogP contribution in [0.5, 0.6) is 5.75 Å². The molecule has 1 aromatic rings. The molecule has 0 radical (unpaired) electrons. The number of aryl methyl sites for hydroxylation is 1. The standard InChI is InChI=1S/C18H27NO2/c1-19-10-4-6-16(19)13-15-9-8-14-5-3-7-17(18(14)15)21-12-11-20-2/h3,5,7,15-16H,4,6,8-13H2,1-2H3/t15?,16-/m1/s1. The summed E-state index contributed by atoms with van der Waals surface area (Å²) in [6.07, 6.45) is 6.48. The summed E-state index contributed by atoms with van der Waals surface area (Å²) in [5.41, 5.74) is 2.98. The van der Waals surface area contributed by atoms with E-state index in [1.165, 1.54) is 49.8 Å². The van der Waals surface area contributed by atoms with Crippen molar-refractivity contribution in [3.8, 4) is 5.75 Å². The maximum Gasteiger partial charge on any atom is 0.123 e. The zero-order valence-electron chi connectivity index (χ0n) is 13.3. The Hall–Kier alpha value is -1.06. The minimum atomic E-state index is 0.642. The fourth-order valence-electron chi connectivity index (χ4n) is 3.95. The molecule has 1 aromatic carbocycles. The van der Waals surface area contributed by atoms with E-state index in [0.29, 0.717) is 19.1 Å². The van der Waals surface area contributed by atoms with E-state index in [4.69, 9.17) is 9.47 Å². The molecule has 1 aliphatic carbocycles. The van der Waals surface area contributed by atoms with E-state index in [2.05, 4.69) is 30.1 Å².